The first-order valence-electron chi connectivity index (χ1n) is 9.63. The molecule has 0 aliphatic carbocycles. The predicted octanol–water partition coefficient (Wildman–Crippen LogP) is 5.19. The van der Waals surface area contributed by atoms with Gasteiger partial charge in [0.1, 0.15) is 18.2 Å². The van der Waals surface area contributed by atoms with Gasteiger partial charge in [0.25, 0.3) is 0 Å². The quantitative estimate of drug-likeness (QED) is 0.325. The van der Waals surface area contributed by atoms with Gasteiger partial charge in [-0.1, -0.05) is 83.9 Å². The van der Waals surface area contributed by atoms with E-state index < -0.39 is 12.0 Å². The molecular weight excluding hydrogens is 451 g/mol. The van der Waals surface area contributed by atoms with Gasteiger partial charge in [0.2, 0.25) is 5.96 Å². The number of amides is 2. The van der Waals surface area contributed by atoms with Crippen molar-refractivity contribution in [1.82, 2.24) is 5.32 Å². The van der Waals surface area contributed by atoms with Gasteiger partial charge in [-0.3, -0.25) is 5.41 Å². The second-order valence-corrected chi connectivity index (χ2v) is 7.46. The molecule has 0 saturated carbocycles. The fourth-order valence-electron chi connectivity index (χ4n) is 2.92. The molecule has 0 heterocycles. The fourth-order valence-corrected chi connectivity index (χ4v) is 3.58. The third kappa shape index (κ3) is 5.43. The number of carbonyl (C=O) groups is 1. The summed E-state index contributed by atoms with van der Waals surface area (Å²) < 4.78 is 12.0. The number of hydrogen-bond acceptors (Lipinski definition) is 4. The lowest BCUT2D eigenvalue weighted by Crippen LogP contribution is -2.46. The van der Waals surface area contributed by atoms with Gasteiger partial charge in [-0.15, -0.1) is 0 Å². The highest BCUT2D eigenvalue weighted by Crippen LogP contribution is 2.47. The van der Waals surface area contributed by atoms with Crippen LogP contribution in [0.2, 0.25) is 10.0 Å². The van der Waals surface area contributed by atoms with Gasteiger partial charge in [-0.05, 0) is 11.1 Å². The third-order valence-electron chi connectivity index (χ3n) is 4.46. The molecule has 3 aromatic rings. The van der Waals surface area contributed by atoms with E-state index in [1.165, 1.54) is 13.1 Å². The molecule has 0 bridgehead atoms. The number of anilines is 1. The second kappa shape index (κ2) is 10.7. The summed E-state index contributed by atoms with van der Waals surface area (Å²) in [6.07, 6.45) is 0. The lowest BCUT2D eigenvalue weighted by molar-refractivity contribution is 0.250. The number of guanidine groups is 1. The molecule has 0 aliphatic rings. The van der Waals surface area contributed by atoms with Crippen molar-refractivity contribution in [2.24, 2.45) is 5.73 Å². The molecule has 2 amide bonds. The van der Waals surface area contributed by atoms with Gasteiger partial charge < -0.3 is 20.5 Å². The van der Waals surface area contributed by atoms with Crippen LogP contribution in [0.25, 0.3) is 0 Å². The summed E-state index contributed by atoms with van der Waals surface area (Å²) in [7, 11) is 1.41. The zero-order valence-electron chi connectivity index (χ0n) is 17.3. The van der Waals surface area contributed by atoms with Crippen LogP contribution in [0.5, 0.6) is 11.5 Å². The predicted molar refractivity (Wildman–Crippen MR) is 127 cm³/mol. The lowest BCUT2D eigenvalue weighted by Gasteiger charge is -2.25. The minimum Gasteiger partial charge on any atom is -0.485 e. The van der Waals surface area contributed by atoms with Crippen LogP contribution in [-0.4, -0.2) is 19.0 Å². The molecule has 0 radical (unpaired) electrons. The Kier molecular flexibility index (Phi) is 7.81. The average Bonchev–Trinajstić information content (AvgIpc) is 2.80. The van der Waals surface area contributed by atoms with Crippen LogP contribution in [0, 0.1) is 5.41 Å². The molecule has 0 aromatic heterocycles. The van der Waals surface area contributed by atoms with Crippen molar-refractivity contribution in [3.05, 3.63) is 87.9 Å². The van der Waals surface area contributed by atoms with E-state index in [1.807, 2.05) is 60.7 Å². The molecule has 0 fully saturated rings. The Labute approximate surface area is 196 Å². The van der Waals surface area contributed by atoms with Crippen molar-refractivity contribution < 1.29 is 14.3 Å². The zero-order chi connectivity index (χ0) is 23.1. The highest BCUT2D eigenvalue weighted by molar-refractivity contribution is 6.42. The Balaban J connectivity index is 2.02. The number of nitrogens with two attached hydrogens (primary N) is 1. The van der Waals surface area contributed by atoms with Gasteiger partial charge in [0.05, 0.1) is 10.7 Å². The molecule has 4 N–H and O–H groups in total. The van der Waals surface area contributed by atoms with E-state index in [1.54, 1.807) is 0 Å². The summed E-state index contributed by atoms with van der Waals surface area (Å²) in [6.45, 7) is 0.448. The number of urea groups is 1. The number of nitrogens with one attached hydrogen (secondary N) is 2. The topological polar surface area (TPSA) is 101 Å². The number of hydrogen-bond donors (Lipinski definition) is 3. The highest BCUT2D eigenvalue weighted by Gasteiger charge is 2.28. The van der Waals surface area contributed by atoms with Crippen molar-refractivity contribution >= 4 is 40.9 Å². The molecule has 0 aliphatic heterocycles. The molecular formula is C23H22Cl2N4O3. The zero-order valence-corrected chi connectivity index (χ0v) is 18.8. The van der Waals surface area contributed by atoms with Crippen molar-refractivity contribution in [1.29, 1.82) is 5.41 Å². The Bertz CT molecular complexity index is 1100. The maximum atomic E-state index is 12.3. The van der Waals surface area contributed by atoms with E-state index >= 15 is 0 Å². The normalized spacial score (nSPS) is 10.3. The first-order chi connectivity index (χ1) is 15.4. The van der Waals surface area contributed by atoms with Gasteiger partial charge in [-0.2, -0.15) is 0 Å². The molecule has 9 heteroatoms. The van der Waals surface area contributed by atoms with Gasteiger partial charge in [0.15, 0.2) is 11.5 Å². The van der Waals surface area contributed by atoms with E-state index in [0.717, 1.165) is 16.0 Å². The van der Waals surface area contributed by atoms with Gasteiger partial charge >= 0.3 is 6.03 Å². The highest BCUT2D eigenvalue weighted by atomic mass is 35.5. The summed E-state index contributed by atoms with van der Waals surface area (Å²) >= 11 is 13.1. The average molecular weight is 473 g/mol. The maximum absolute atomic E-state index is 12.3. The number of halogens is 2. The largest absolute Gasteiger partial charge is 0.485 e. The van der Waals surface area contributed by atoms with Gasteiger partial charge in [-0.25, -0.2) is 9.69 Å². The number of nitrogens with zero attached hydrogens (tertiary/aromatic N) is 1. The smallest absolute Gasteiger partial charge is 0.328 e. The molecule has 7 nitrogen and oxygen atoms in total. The van der Waals surface area contributed by atoms with Crippen LogP contribution >= 0.6 is 23.2 Å². The minimum atomic E-state index is -0.673. The summed E-state index contributed by atoms with van der Waals surface area (Å²) in [5, 5.41) is 10.3. The number of carbonyl (C=O) groups excluding carboxylic acids is 1. The SMILES string of the molecule is CNC(=O)N(C(=N)N)c1c(Cl)cc(OCc2ccccc2)c(OCc2ccccc2)c1Cl. The summed E-state index contributed by atoms with van der Waals surface area (Å²) in [5.41, 5.74) is 7.50. The summed E-state index contributed by atoms with van der Waals surface area (Å²) in [5.74, 6) is -0.0786. The Morgan fingerprint density at radius 1 is 1.00 bits per heavy atom. The first-order valence-corrected chi connectivity index (χ1v) is 10.4. The molecule has 3 aromatic carbocycles. The molecule has 3 rings (SSSR count). The second-order valence-electron chi connectivity index (χ2n) is 6.67. The maximum Gasteiger partial charge on any atom is 0.328 e. The molecule has 0 atom stereocenters. The van der Waals surface area contributed by atoms with E-state index in [-0.39, 0.29) is 34.7 Å². The Hall–Kier alpha value is -3.42. The van der Waals surface area contributed by atoms with Crippen LogP contribution < -0.4 is 25.4 Å². The fraction of sp³-hybridized carbons (Fsp3) is 0.130. The van der Waals surface area contributed by atoms with E-state index in [4.69, 9.17) is 43.8 Å². The summed E-state index contributed by atoms with van der Waals surface area (Å²) in [4.78, 5) is 13.2. The molecule has 32 heavy (non-hydrogen) atoms. The van der Waals surface area contributed by atoms with E-state index in [9.17, 15) is 4.79 Å². The van der Waals surface area contributed by atoms with E-state index in [2.05, 4.69) is 5.32 Å². The standard InChI is InChI=1S/C23H22Cl2N4O3/c1-28-23(30)29(22(26)27)20-17(24)12-18(31-13-15-8-4-2-5-9-15)21(19(20)25)32-14-16-10-6-3-7-11-16/h2-12H,13-14H2,1H3,(H3,26,27)(H,28,30). The van der Waals surface area contributed by atoms with Gasteiger partial charge in [0, 0.05) is 13.1 Å². The molecule has 0 unspecified atom stereocenters. The van der Waals surface area contributed by atoms with Crippen molar-refractivity contribution in [2.45, 2.75) is 13.2 Å². The van der Waals surface area contributed by atoms with Crippen LogP contribution in [0.3, 0.4) is 0 Å². The Morgan fingerprint density at radius 3 is 2.03 bits per heavy atom. The van der Waals surface area contributed by atoms with Crippen LogP contribution in [0.4, 0.5) is 10.5 Å². The molecule has 166 valence electrons. The van der Waals surface area contributed by atoms with Crippen LogP contribution in [0.15, 0.2) is 66.7 Å². The third-order valence-corrected chi connectivity index (χ3v) is 5.10. The number of benzene rings is 3. The van der Waals surface area contributed by atoms with Crippen molar-refractivity contribution in [3.63, 3.8) is 0 Å². The summed E-state index contributed by atoms with van der Waals surface area (Å²) in [6, 6.07) is 19.9. The first kappa shape index (κ1) is 23.2. The van der Waals surface area contributed by atoms with Crippen LogP contribution in [0.1, 0.15) is 11.1 Å². The number of ether oxygens (including phenoxy) is 2. The van der Waals surface area contributed by atoms with Crippen LogP contribution in [-0.2, 0) is 13.2 Å². The lowest BCUT2D eigenvalue weighted by atomic mass is 10.2. The molecule has 0 saturated heterocycles. The van der Waals surface area contributed by atoms with Crippen molar-refractivity contribution in [2.75, 3.05) is 11.9 Å². The monoisotopic (exact) mass is 472 g/mol. The number of rotatable bonds is 7. The molecule has 0 spiro atoms. The Morgan fingerprint density at radius 2 is 1.53 bits per heavy atom. The van der Waals surface area contributed by atoms with E-state index in [0.29, 0.717) is 5.75 Å². The van der Waals surface area contributed by atoms with Crippen molar-refractivity contribution in [3.8, 4) is 11.5 Å². The minimum absolute atomic E-state index is 0.00436.